The molecule has 2 aromatic heterocycles. The van der Waals surface area contributed by atoms with Gasteiger partial charge < -0.3 is 14.8 Å². The van der Waals surface area contributed by atoms with Crippen LogP contribution in [0.5, 0.6) is 5.75 Å². The zero-order chi connectivity index (χ0) is 24.5. The zero-order valence-corrected chi connectivity index (χ0v) is 19.8. The van der Waals surface area contributed by atoms with Crippen molar-refractivity contribution in [1.29, 1.82) is 0 Å². The van der Waals surface area contributed by atoms with Gasteiger partial charge in [-0.3, -0.25) is 0 Å². The summed E-state index contributed by atoms with van der Waals surface area (Å²) in [6.07, 6.45) is 5.94. The number of aromatic nitrogens is 5. The molecule has 3 N–H and O–H groups in total. The van der Waals surface area contributed by atoms with Crippen LogP contribution >= 0.6 is 0 Å². The van der Waals surface area contributed by atoms with E-state index in [1.807, 2.05) is 24.3 Å². The van der Waals surface area contributed by atoms with Crippen LogP contribution in [0.15, 0.2) is 60.7 Å². The summed E-state index contributed by atoms with van der Waals surface area (Å²) in [4.78, 5) is 20.4. The number of ether oxygens (including phenoxy) is 1. The molecule has 1 saturated carbocycles. The molecule has 8 heteroatoms. The number of aromatic amines is 2. The van der Waals surface area contributed by atoms with Gasteiger partial charge in [-0.1, -0.05) is 61.7 Å². The van der Waals surface area contributed by atoms with Gasteiger partial charge in [-0.2, -0.15) is 15.4 Å². The number of fused-ring (bicyclic) bond motifs is 2. The van der Waals surface area contributed by atoms with Crippen LogP contribution in [-0.4, -0.2) is 36.5 Å². The lowest BCUT2D eigenvalue weighted by Crippen LogP contribution is -2.18. The number of benzene rings is 3. The lowest BCUT2D eigenvalue weighted by atomic mass is 9.76. The van der Waals surface area contributed by atoms with Crippen molar-refractivity contribution in [3.63, 3.8) is 0 Å². The predicted octanol–water partition coefficient (Wildman–Crippen LogP) is 5.82. The maximum absolute atomic E-state index is 12.1. The van der Waals surface area contributed by atoms with E-state index in [2.05, 4.69) is 44.7 Å². The maximum Gasteiger partial charge on any atom is 0.337 e. The molecule has 182 valence electrons. The summed E-state index contributed by atoms with van der Waals surface area (Å²) in [6.45, 7) is 0.268. The third-order valence-corrected chi connectivity index (χ3v) is 7.24. The number of aromatic carboxylic acids is 1. The van der Waals surface area contributed by atoms with Crippen LogP contribution in [0.2, 0.25) is 0 Å². The van der Waals surface area contributed by atoms with E-state index >= 15 is 0 Å². The Hall–Kier alpha value is -4.20. The standard InChI is InChI=1S/C28H27N5O3/c34-28(35)20-14-15-22(36-16-19-12-7-13-21-24(19)32-33-31-21)26-25(20)29-27(30-26)23(17-8-3-1-4-9-17)18-10-5-2-6-11-18/h1,3-4,7-9,12-15,18,23H,2,5-6,10-11,16H2,(H,29,30)(H,34,35)(H,31,32,33). The van der Waals surface area contributed by atoms with Gasteiger partial charge in [-0.25, -0.2) is 9.78 Å². The van der Waals surface area contributed by atoms with E-state index in [4.69, 9.17) is 9.72 Å². The number of imidazole rings is 1. The second-order valence-corrected chi connectivity index (χ2v) is 9.45. The monoisotopic (exact) mass is 481 g/mol. The Morgan fingerprint density at radius 1 is 0.972 bits per heavy atom. The van der Waals surface area contributed by atoms with Crippen LogP contribution in [0.4, 0.5) is 0 Å². The van der Waals surface area contributed by atoms with Crippen molar-refractivity contribution in [3.05, 3.63) is 83.2 Å². The second-order valence-electron chi connectivity index (χ2n) is 9.45. The van der Waals surface area contributed by atoms with Gasteiger partial charge in [0.1, 0.15) is 40.2 Å². The number of hydrogen-bond acceptors (Lipinski definition) is 5. The quantitative estimate of drug-likeness (QED) is 0.269. The van der Waals surface area contributed by atoms with Gasteiger partial charge in [0.25, 0.3) is 0 Å². The lowest BCUT2D eigenvalue weighted by Gasteiger charge is -2.29. The van der Waals surface area contributed by atoms with Crippen molar-refractivity contribution in [3.8, 4) is 5.75 Å². The molecule has 8 nitrogen and oxygen atoms in total. The van der Waals surface area contributed by atoms with E-state index in [-0.39, 0.29) is 18.1 Å². The largest absolute Gasteiger partial charge is 0.487 e. The third-order valence-electron chi connectivity index (χ3n) is 7.24. The van der Waals surface area contributed by atoms with Crippen molar-refractivity contribution in [2.75, 3.05) is 0 Å². The van der Waals surface area contributed by atoms with Gasteiger partial charge in [0.15, 0.2) is 0 Å². The molecule has 0 spiro atoms. The molecule has 1 unspecified atom stereocenters. The molecule has 0 saturated heterocycles. The van der Waals surface area contributed by atoms with E-state index in [9.17, 15) is 9.90 Å². The van der Waals surface area contributed by atoms with E-state index in [1.165, 1.54) is 24.8 Å². The summed E-state index contributed by atoms with van der Waals surface area (Å²) < 4.78 is 6.22. The number of carboxylic acid groups (broad SMARTS) is 1. The first-order valence-electron chi connectivity index (χ1n) is 12.4. The Morgan fingerprint density at radius 2 is 1.81 bits per heavy atom. The highest BCUT2D eigenvalue weighted by Gasteiger charge is 2.30. The van der Waals surface area contributed by atoms with Crippen molar-refractivity contribution in [2.24, 2.45) is 5.92 Å². The molecule has 3 aromatic carbocycles. The highest BCUT2D eigenvalue weighted by atomic mass is 16.5. The molecule has 0 radical (unpaired) electrons. The van der Waals surface area contributed by atoms with Crippen molar-refractivity contribution < 1.29 is 14.6 Å². The van der Waals surface area contributed by atoms with Crippen LogP contribution in [0.1, 0.15) is 65.3 Å². The summed E-state index contributed by atoms with van der Waals surface area (Å²) in [5.41, 5.74) is 4.79. The fraction of sp³-hybridized carbons (Fsp3) is 0.286. The van der Waals surface area contributed by atoms with E-state index in [0.717, 1.165) is 35.3 Å². The highest BCUT2D eigenvalue weighted by molar-refractivity contribution is 6.02. The van der Waals surface area contributed by atoms with Crippen LogP contribution in [0.25, 0.3) is 22.1 Å². The lowest BCUT2D eigenvalue weighted by molar-refractivity contribution is 0.0699. The first kappa shape index (κ1) is 22.3. The molecule has 0 amide bonds. The molecule has 0 aliphatic heterocycles. The summed E-state index contributed by atoms with van der Waals surface area (Å²) in [5, 5.41) is 20.9. The molecule has 5 aromatic rings. The van der Waals surface area contributed by atoms with Crippen LogP contribution in [0, 0.1) is 5.92 Å². The number of carboxylic acids is 1. The minimum absolute atomic E-state index is 0.0669. The van der Waals surface area contributed by atoms with Gasteiger partial charge >= 0.3 is 5.97 Å². The maximum atomic E-state index is 12.1. The van der Waals surface area contributed by atoms with E-state index < -0.39 is 5.97 Å². The smallest absolute Gasteiger partial charge is 0.337 e. The molecule has 2 heterocycles. The van der Waals surface area contributed by atoms with Crippen molar-refractivity contribution >= 4 is 28.0 Å². The highest BCUT2D eigenvalue weighted by Crippen LogP contribution is 2.41. The van der Waals surface area contributed by atoms with Gasteiger partial charge in [-0.15, -0.1) is 0 Å². The SMILES string of the molecule is O=C(O)c1ccc(OCc2cccc3n[nH]nc23)c2[nH]c(C(c3ccccc3)C3CCCCC3)nc12. The first-order valence-corrected chi connectivity index (χ1v) is 12.4. The van der Waals surface area contributed by atoms with Crippen molar-refractivity contribution in [2.45, 2.75) is 44.6 Å². The fourth-order valence-corrected chi connectivity index (χ4v) is 5.51. The third kappa shape index (κ3) is 4.08. The van der Waals surface area contributed by atoms with E-state index in [1.54, 1.807) is 12.1 Å². The Labute approximate surface area is 207 Å². The van der Waals surface area contributed by atoms with Gasteiger partial charge in [0.05, 0.1) is 5.56 Å². The Morgan fingerprint density at radius 3 is 2.61 bits per heavy atom. The molecule has 1 fully saturated rings. The van der Waals surface area contributed by atoms with Gasteiger partial charge in [-0.05, 0) is 42.5 Å². The number of para-hydroxylation sites is 1. The number of carbonyl (C=O) groups is 1. The number of H-pyrrole nitrogens is 2. The normalized spacial score (nSPS) is 15.3. The fourth-order valence-electron chi connectivity index (χ4n) is 5.51. The van der Waals surface area contributed by atoms with E-state index in [0.29, 0.717) is 22.7 Å². The molecule has 6 rings (SSSR count). The Kier molecular flexibility index (Phi) is 5.85. The molecule has 1 atom stereocenters. The number of hydrogen-bond donors (Lipinski definition) is 3. The minimum Gasteiger partial charge on any atom is -0.487 e. The van der Waals surface area contributed by atoms with Gasteiger partial charge in [0.2, 0.25) is 0 Å². The van der Waals surface area contributed by atoms with Crippen LogP contribution < -0.4 is 4.74 Å². The number of nitrogens with zero attached hydrogens (tertiary/aromatic N) is 3. The molecule has 0 bridgehead atoms. The van der Waals surface area contributed by atoms with Gasteiger partial charge in [0, 0.05) is 11.5 Å². The van der Waals surface area contributed by atoms with Crippen molar-refractivity contribution in [1.82, 2.24) is 25.4 Å². The Balaban J connectivity index is 1.42. The summed E-state index contributed by atoms with van der Waals surface area (Å²) in [5.74, 6) is 0.859. The predicted molar refractivity (Wildman–Crippen MR) is 136 cm³/mol. The summed E-state index contributed by atoms with van der Waals surface area (Å²) in [7, 11) is 0. The second kappa shape index (κ2) is 9.45. The zero-order valence-electron chi connectivity index (χ0n) is 19.8. The topological polar surface area (TPSA) is 117 Å². The number of nitrogens with one attached hydrogen (secondary N) is 2. The minimum atomic E-state index is -1.01. The first-order chi connectivity index (χ1) is 17.7. The Bertz CT molecular complexity index is 1520. The average Bonchev–Trinajstić information content (AvgIpc) is 3.56. The summed E-state index contributed by atoms with van der Waals surface area (Å²) >= 11 is 0. The molecular formula is C28H27N5O3. The molecule has 1 aliphatic rings. The number of rotatable bonds is 7. The average molecular weight is 482 g/mol. The molecule has 1 aliphatic carbocycles. The van der Waals surface area contributed by atoms with Crippen LogP contribution in [-0.2, 0) is 6.61 Å². The summed E-state index contributed by atoms with van der Waals surface area (Å²) in [6, 6.07) is 19.4. The molecular weight excluding hydrogens is 454 g/mol. The molecule has 36 heavy (non-hydrogen) atoms. The van der Waals surface area contributed by atoms with Crippen LogP contribution in [0.3, 0.4) is 0 Å².